The highest BCUT2D eigenvalue weighted by Crippen LogP contribution is 2.45. The van der Waals surface area contributed by atoms with Gasteiger partial charge in [-0.3, -0.25) is 4.98 Å². The molecule has 0 bridgehead atoms. The summed E-state index contributed by atoms with van der Waals surface area (Å²) in [6.07, 6.45) is 1.62. The fraction of sp³-hybridized carbons (Fsp3) is 0.583. The number of pyridine rings is 1. The number of fused-ring (bicyclic) bond motifs is 1. The highest BCUT2D eigenvalue weighted by molar-refractivity contribution is 7.21. The Morgan fingerprint density at radius 3 is 2.56 bits per heavy atom. The first-order chi connectivity index (χ1) is 17.2. The van der Waals surface area contributed by atoms with Crippen LogP contribution < -0.4 is 10.6 Å². The monoisotopic (exact) mass is 518 g/mol. The topological polar surface area (TPSA) is 136 Å². The number of hydrogen-bond donors (Lipinski definition) is 5. The lowest BCUT2D eigenvalue weighted by atomic mass is 9.88. The molecule has 5 N–H and O–H groups in total. The number of thiazole rings is 1. The zero-order valence-electron chi connectivity index (χ0n) is 19.7. The van der Waals surface area contributed by atoms with Gasteiger partial charge in [0.25, 0.3) is 5.92 Å². The number of alkyl halides is 2. The van der Waals surface area contributed by atoms with E-state index in [2.05, 4.69) is 25.6 Å². The summed E-state index contributed by atoms with van der Waals surface area (Å²) in [5.41, 5.74) is 3.11. The molecule has 0 amide bonds. The van der Waals surface area contributed by atoms with Crippen molar-refractivity contribution in [1.29, 1.82) is 0 Å². The van der Waals surface area contributed by atoms with Crippen LogP contribution in [-0.4, -0.2) is 72.1 Å². The van der Waals surface area contributed by atoms with Crippen LogP contribution in [0.3, 0.4) is 0 Å². The largest absolute Gasteiger partial charge is 0.396 e. The van der Waals surface area contributed by atoms with Crippen molar-refractivity contribution in [3.63, 3.8) is 0 Å². The van der Waals surface area contributed by atoms with Crippen molar-refractivity contribution >= 4 is 33.3 Å². The van der Waals surface area contributed by atoms with Gasteiger partial charge in [0.15, 0.2) is 0 Å². The molecule has 3 heterocycles. The van der Waals surface area contributed by atoms with E-state index in [1.807, 2.05) is 13.0 Å². The van der Waals surface area contributed by atoms with Crippen molar-refractivity contribution < 1.29 is 24.1 Å². The molecule has 36 heavy (non-hydrogen) atoms. The van der Waals surface area contributed by atoms with Gasteiger partial charge in [0.2, 0.25) is 5.95 Å². The maximum absolute atomic E-state index is 13.4. The molecule has 9 nitrogen and oxygen atoms in total. The van der Waals surface area contributed by atoms with Crippen molar-refractivity contribution in [3.05, 3.63) is 23.7 Å². The first-order valence-corrected chi connectivity index (χ1v) is 13.1. The van der Waals surface area contributed by atoms with Crippen LogP contribution in [0.4, 0.5) is 20.5 Å². The molecule has 0 radical (unpaired) electrons. The molecule has 0 unspecified atom stereocenters. The van der Waals surface area contributed by atoms with Gasteiger partial charge >= 0.3 is 0 Å². The molecule has 0 saturated heterocycles. The van der Waals surface area contributed by atoms with Crippen LogP contribution in [0.1, 0.15) is 49.4 Å². The van der Waals surface area contributed by atoms with Crippen molar-refractivity contribution in [2.75, 3.05) is 17.2 Å². The Bertz CT molecular complexity index is 1290. The number of aromatic nitrogens is 4. The summed E-state index contributed by atoms with van der Waals surface area (Å²) in [6.45, 7) is 1.56. The molecule has 3 aliphatic carbocycles. The Kier molecular flexibility index (Phi) is 5.82. The van der Waals surface area contributed by atoms with Crippen LogP contribution in [0.25, 0.3) is 20.8 Å². The van der Waals surface area contributed by atoms with Crippen molar-refractivity contribution in [2.45, 2.75) is 75.2 Å². The molecule has 3 aliphatic rings. The predicted molar refractivity (Wildman–Crippen MR) is 131 cm³/mol. The smallest absolute Gasteiger partial charge is 0.252 e. The third kappa shape index (κ3) is 4.29. The molecule has 0 spiro atoms. The molecule has 6 rings (SSSR count). The Morgan fingerprint density at radius 1 is 1.11 bits per heavy atom. The average Bonchev–Trinajstić information content (AvgIpc) is 3.51. The van der Waals surface area contributed by atoms with E-state index in [9.17, 15) is 24.1 Å². The summed E-state index contributed by atoms with van der Waals surface area (Å²) in [4.78, 5) is 18.6. The molecule has 3 saturated carbocycles. The summed E-state index contributed by atoms with van der Waals surface area (Å²) >= 11 is 1.49. The molecule has 3 fully saturated rings. The average molecular weight is 519 g/mol. The minimum absolute atomic E-state index is 0.215. The number of aliphatic hydroxyl groups is 3. The third-order valence-corrected chi connectivity index (χ3v) is 8.42. The minimum atomic E-state index is -2.68. The Labute approximate surface area is 210 Å². The first-order valence-electron chi connectivity index (χ1n) is 12.2. The summed E-state index contributed by atoms with van der Waals surface area (Å²) in [6, 6.07) is 0.941. The Balaban J connectivity index is 1.38. The molecule has 4 atom stereocenters. The second-order valence-corrected chi connectivity index (χ2v) is 11.2. The lowest BCUT2D eigenvalue weighted by molar-refractivity contribution is -0.0794. The van der Waals surface area contributed by atoms with Crippen LogP contribution in [0, 0.1) is 12.8 Å². The third-order valence-electron chi connectivity index (χ3n) is 7.39. The van der Waals surface area contributed by atoms with Gasteiger partial charge in [-0.25, -0.2) is 18.7 Å². The molecule has 192 valence electrons. The van der Waals surface area contributed by atoms with E-state index >= 15 is 0 Å². The maximum atomic E-state index is 13.4. The molecular formula is C24H28F2N6O3S. The van der Waals surface area contributed by atoms with Crippen molar-refractivity contribution in [2.24, 2.45) is 5.92 Å². The molecular weight excluding hydrogens is 490 g/mol. The van der Waals surface area contributed by atoms with Gasteiger partial charge in [-0.05, 0) is 32.3 Å². The van der Waals surface area contributed by atoms with E-state index in [1.165, 1.54) is 11.3 Å². The minimum Gasteiger partial charge on any atom is -0.396 e. The van der Waals surface area contributed by atoms with Crippen LogP contribution in [0.15, 0.2) is 12.3 Å². The number of halogens is 2. The van der Waals surface area contributed by atoms with Crippen molar-refractivity contribution in [1.82, 2.24) is 19.9 Å². The highest BCUT2D eigenvalue weighted by atomic mass is 32.1. The zero-order valence-corrected chi connectivity index (χ0v) is 20.5. The fourth-order valence-electron chi connectivity index (χ4n) is 5.21. The van der Waals surface area contributed by atoms with Gasteiger partial charge in [-0.1, -0.05) is 0 Å². The second kappa shape index (κ2) is 8.79. The van der Waals surface area contributed by atoms with Crippen molar-refractivity contribution in [3.8, 4) is 10.6 Å². The van der Waals surface area contributed by atoms with Gasteiger partial charge in [0, 0.05) is 43.5 Å². The number of rotatable bonds is 7. The number of aliphatic hydroxyl groups excluding tert-OH is 3. The molecule has 12 heteroatoms. The standard InChI is InChI=1S/C24H28F2N6O3S/c1-10-16(22-31-18-15(36-22)4-5-27-17(18)11-2-3-11)21(30-14-6-12(9-33)19(34)20(14)35)32-23(28-10)29-13-7-24(25,26)8-13/h4-5,11-14,19-20,33-35H,2-3,6-9H2,1H3,(H2,28,29,30,32)/t12-,14-,19-,20+/m1/s1. The fourth-order valence-corrected chi connectivity index (χ4v) is 6.27. The summed E-state index contributed by atoms with van der Waals surface area (Å²) in [7, 11) is 0. The van der Waals surface area contributed by atoms with E-state index in [1.54, 1.807) is 6.20 Å². The molecule has 0 aliphatic heterocycles. The highest BCUT2D eigenvalue weighted by Gasteiger charge is 2.46. The van der Waals surface area contributed by atoms with E-state index in [-0.39, 0.29) is 25.4 Å². The summed E-state index contributed by atoms with van der Waals surface area (Å²) in [5.74, 6) is -2.10. The van der Waals surface area contributed by atoms with Crippen LogP contribution in [0.5, 0.6) is 0 Å². The van der Waals surface area contributed by atoms with Gasteiger partial charge < -0.3 is 26.0 Å². The Morgan fingerprint density at radius 2 is 1.89 bits per heavy atom. The number of anilines is 2. The first kappa shape index (κ1) is 23.8. The molecule has 3 aromatic rings. The number of aryl methyl sites for hydroxylation is 1. The van der Waals surface area contributed by atoms with E-state index < -0.39 is 36.1 Å². The Hall–Kier alpha value is -2.54. The lowest BCUT2D eigenvalue weighted by Gasteiger charge is -2.35. The number of nitrogens with zero attached hydrogens (tertiary/aromatic N) is 4. The summed E-state index contributed by atoms with van der Waals surface area (Å²) in [5, 5.41) is 37.4. The lowest BCUT2D eigenvalue weighted by Crippen LogP contribution is -2.44. The van der Waals surface area contributed by atoms with Gasteiger partial charge in [0.1, 0.15) is 22.4 Å². The van der Waals surface area contributed by atoms with E-state index in [0.717, 1.165) is 28.8 Å². The van der Waals surface area contributed by atoms with Crippen LogP contribution in [-0.2, 0) is 0 Å². The van der Waals surface area contributed by atoms with Gasteiger partial charge in [-0.2, -0.15) is 4.98 Å². The SMILES string of the molecule is Cc1nc(NC2CC(F)(F)C2)nc(N[C@@H]2C[C@H](CO)[C@@H](O)[C@H]2O)c1-c1nc2c(C3CC3)nccc2s1. The van der Waals surface area contributed by atoms with Crippen LogP contribution >= 0.6 is 11.3 Å². The van der Waals surface area contributed by atoms with Crippen LogP contribution in [0.2, 0.25) is 0 Å². The van der Waals surface area contributed by atoms with E-state index in [4.69, 9.17) is 4.98 Å². The molecule has 3 aromatic heterocycles. The number of hydrogen-bond acceptors (Lipinski definition) is 10. The van der Waals surface area contributed by atoms with Gasteiger partial charge in [0.05, 0.1) is 33.8 Å². The second-order valence-electron chi connectivity index (χ2n) is 10.2. The predicted octanol–water partition coefficient (Wildman–Crippen LogP) is 3.06. The maximum Gasteiger partial charge on any atom is 0.252 e. The van der Waals surface area contributed by atoms with Gasteiger partial charge in [-0.15, -0.1) is 11.3 Å². The normalized spacial score (nSPS) is 27.8. The number of nitrogens with one attached hydrogen (secondary N) is 2. The summed E-state index contributed by atoms with van der Waals surface area (Å²) < 4.78 is 27.7. The van der Waals surface area contributed by atoms with E-state index in [0.29, 0.717) is 34.4 Å². The quantitative estimate of drug-likeness (QED) is 0.320. The molecule has 0 aromatic carbocycles. The zero-order chi connectivity index (χ0) is 25.2.